The molecule has 0 bridgehead atoms. The second-order valence-electron chi connectivity index (χ2n) is 2.36. The number of rotatable bonds is 2. The van der Waals surface area contributed by atoms with Gasteiger partial charge in [-0.25, -0.2) is 0 Å². The van der Waals surface area contributed by atoms with E-state index >= 15 is 0 Å². The highest BCUT2D eigenvalue weighted by Crippen LogP contribution is 2.05. The van der Waals surface area contributed by atoms with Crippen LogP contribution in [0.15, 0.2) is 36.0 Å². The first-order chi connectivity index (χ1) is 6.09. The van der Waals surface area contributed by atoms with Gasteiger partial charge in [0.1, 0.15) is 0 Å². The van der Waals surface area contributed by atoms with Crippen LogP contribution in [-0.2, 0) is 14.4 Å². The van der Waals surface area contributed by atoms with Crippen LogP contribution in [0.5, 0.6) is 0 Å². The van der Waals surface area contributed by atoms with Gasteiger partial charge in [0.25, 0.3) is 0 Å². The van der Waals surface area contributed by atoms with Crippen molar-refractivity contribution in [1.29, 1.82) is 0 Å². The molecule has 0 fully saturated rings. The minimum absolute atomic E-state index is 0.369. The third kappa shape index (κ3) is 2.52. The number of ketones is 2. The Labute approximate surface area is 73.9 Å². The normalized spacial score (nSPS) is 16.5. The average Bonchev–Trinajstić information content (AvgIpc) is 2.07. The first-order valence-corrected chi connectivity index (χ1v) is 3.47. The average molecular weight is 177 g/mol. The molecule has 0 spiro atoms. The summed E-state index contributed by atoms with van der Waals surface area (Å²) in [5.41, 5.74) is 0.369. The van der Waals surface area contributed by atoms with Crippen molar-refractivity contribution in [3.05, 3.63) is 36.0 Å². The summed E-state index contributed by atoms with van der Waals surface area (Å²) in [7, 11) is 0. The molecule has 66 valence electrons. The van der Waals surface area contributed by atoms with Crippen LogP contribution in [0.2, 0.25) is 0 Å². The Kier molecular flexibility index (Phi) is 2.54. The van der Waals surface area contributed by atoms with E-state index in [0.717, 1.165) is 18.2 Å². The van der Waals surface area contributed by atoms with E-state index < -0.39 is 17.5 Å². The van der Waals surface area contributed by atoms with Crippen LogP contribution in [0.4, 0.5) is 0 Å². The van der Waals surface area contributed by atoms with Crippen LogP contribution in [0.3, 0.4) is 0 Å². The van der Waals surface area contributed by atoms with Crippen LogP contribution < -0.4 is 5.11 Å². The van der Waals surface area contributed by atoms with Crippen LogP contribution in [0.1, 0.15) is 0 Å². The van der Waals surface area contributed by atoms with Crippen molar-refractivity contribution in [2.24, 2.45) is 0 Å². The highest BCUT2D eigenvalue weighted by Gasteiger charge is 2.11. The van der Waals surface area contributed by atoms with E-state index in [9.17, 15) is 19.5 Å². The van der Waals surface area contributed by atoms with E-state index in [1.54, 1.807) is 0 Å². The summed E-state index contributed by atoms with van der Waals surface area (Å²) >= 11 is 0. The SMILES string of the molecule is O=C([O-])/C=C\C1=CC(=O)C(=O)C=C1. The zero-order valence-corrected chi connectivity index (χ0v) is 6.52. The van der Waals surface area contributed by atoms with Gasteiger partial charge in [0, 0.05) is 0 Å². The van der Waals surface area contributed by atoms with Gasteiger partial charge in [0.2, 0.25) is 11.6 Å². The van der Waals surface area contributed by atoms with Crippen LogP contribution in [0, 0.1) is 0 Å². The van der Waals surface area contributed by atoms with E-state index in [-0.39, 0.29) is 0 Å². The summed E-state index contributed by atoms with van der Waals surface area (Å²) in [5, 5.41) is 9.99. The Balaban J connectivity index is 2.80. The number of carbonyl (C=O) groups is 3. The molecule has 0 aromatic rings. The fourth-order valence-electron chi connectivity index (χ4n) is 0.793. The summed E-state index contributed by atoms with van der Waals surface area (Å²) in [6.07, 6.45) is 5.51. The third-order valence-corrected chi connectivity index (χ3v) is 1.38. The summed E-state index contributed by atoms with van der Waals surface area (Å²) < 4.78 is 0. The molecule has 0 aliphatic heterocycles. The maximum absolute atomic E-state index is 10.8. The summed E-state index contributed by atoms with van der Waals surface area (Å²) in [6.45, 7) is 0. The lowest BCUT2D eigenvalue weighted by atomic mass is 10.1. The second kappa shape index (κ2) is 3.62. The molecule has 13 heavy (non-hydrogen) atoms. The molecular formula is C9H5O4-. The van der Waals surface area contributed by atoms with Gasteiger partial charge < -0.3 is 9.90 Å². The van der Waals surface area contributed by atoms with Gasteiger partial charge in [-0.1, -0.05) is 12.2 Å². The number of hydrogen-bond donors (Lipinski definition) is 0. The Morgan fingerprint density at radius 2 is 1.92 bits per heavy atom. The minimum atomic E-state index is -1.35. The van der Waals surface area contributed by atoms with Gasteiger partial charge in [0.05, 0.1) is 5.97 Å². The zero-order chi connectivity index (χ0) is 9.84. The number of carboxylic acids is 1. The standard InChI is InChI=1S/C9H6O4/c10-7-3-1-6(5-8(7)11)2-4-9(12)13/h1-5H,(H,12,13)/p-1/b4-2-. The number of carboxylic acid groups (broad SMARTS) is 1. The van der Waals surface area contributed by atoms with Crippen molar-refractivity contribution in [3.8, 4) is 0 Å². The van der Waals surface area contributed by atoms with Crippen LogP contribution in [-0.4, -0.2) is 17.5 Å². The molecule has 0 aromatic heterocycles. The highest BCUT2D eigenvalue weighted by molar-refractivity contribution is 6.46. The van der Waals surface area contributed by atoms with Gasteiger partial charge in [-0.2, -0.15) is 0 Å². The maximum atomic E-state index is 10.8. The molecule has 0 heterocycles. The van der Waals surface area contributed by atoms with Gasteiger partial charge in [-0.3, -0.25) is 9.59 Å². The lowest BCUT2D eigenvalue weighted by Crippen LogP contribution is -2.18. The van der Waals surface area contributed by atoms with E-state index in [0.29, 0.717) is 5.57 Å². The Hall–Kier alpha value is -1.97. The molecule has 0 amide bonds. The Bertz CT molecular complexity index is 358. The lowest BCUT2D eigenvalue weighted by molar-refractivity contribution is -0.297. The number of carbonyl (C=O) groups excluding carboxylic acids is 3. The molecule has 0 aromatic carbocycles. The van der Waals surface area contributed by atoms with Crippen molar-refractivity contribution in [2.75, 3.05) is 0 Å². The molecule has 1 aliphatic rings. The number of aliphatic carboxylic acids is 1. The number of hydrogen-bond acceptors (Lipinski definition) is 4. The molecule has 1 aliphatic carbocycles. The summed E-state index contributed by atoms with van der Waals surface area (Å²) in [6, 6.07) is 0. The van der Waals surface area contributed by atoms with Crippen LogP contribution in [0.25, 0.3) is 0 Å². The number of allylic oxidation sites excluding steroid dienone is 5. The molecule has 4 heteroatoms. The zero-order valence-electron chi connectivity index (χ0n) is 6.52. The van der Waals surface area contributed by atoms with Gasteiger partial charge in [-0.05, 0) is 23.8 Å². The highest BCUT2D eigenvalue weighted by atomic mass is 16.4. The predicted octanol–water partition coefficient (Wildman–Crippen LogP) is -1.07. The molecule has 0 saturated heterocycles. The fourth-order valence-corrected chi connectivity index (χ4v) is 0.793. The lowest BCUT2D eigenvalue weighted by Gasteiger charge is -1.99. The quantitative estimate of drug-likeness (QED) is 0.305. The first kappa shape index (κ1) is 9.12. The summed E-state index contributed by atoms with van der Waals surface area (Å²) in [4.78, 5) is 31.4. The fraction of sp³-hybridized carbons (Fsp3) is 0. The minimum Gasteiger partial charge on any atom is -0.545 e. The molecule has 0 saturated carbocycles. The molecule has 0 radical (unpaired) electrons. The van der Waals surface area contributed by atoms with E-state index in [4.69, 9.17) is 0 Å². The van der Waals surface area contributed by atoms with Crippen molar-refractivity contribution in [3.63, 3.8) is 0 Å². The van der Waals surface area contributed by atoms with Gasteiger partial charge in [-0.15, -0.1) is 0 Å². The van der Waals surface area contributed by atoms with Gasteiger partial charge in [0.15, 0.2) is 0 Å². The topological polar surface area (TPSA) is 74.3 Å². The smallest absolute Gasteiger partial charge is 0.226 e. The van der Waals surface area contributed by atoms with E-state index in [2.05, 4.69) is 0 Å². The van der Waals surface area contributed by atoms with E-state index in [1.807, 2.05) is 0 Å². The first-order valence-electron chi connectivity index (χ1n) is 3.47. The van der Waals surface area contributed by atoms with Crippen molar-refractivity contribution in [1.82, 2.24) is 0 Å². The molecule has 0 N–H and O–H groups in total. The monoisotopic (exact) mass is 177 g/mol. The molecule has 1 rings (SSSR count). The Morgan fingerprint density at radius 3 is 2.46 bits per heavy atom. The summed E-state index contributed by atoms with van der Waals surface area (Å²) in [5.74, 6) is -2.61. The van der Waals surface area contributed by atoms with Crippen molar-refractivity contribution in [2.45, 2.75) is 0 Å². The molecule has 0 atom stereocenters. The largest absolute Gasteiger partial charge is 0.545 e. The maximum Gasteiger partial charge on any atom is 0.226 e. The third-order valence-electron chi connectivity index (χ3n) is 1.38. The molecule has 4 nitrogen and oxygen atoms in total. The second-order valence-corrected chi connectivity index (χ2v) is 2.36. The molecule has 0 unspecified atom stereocenters. The molecular weight excluding hydrogens is 172 g/mol. The Morgan fingerprint density at radius 1 is 1.23 bits per heavy atom. The van der Waals surface area contributed by atoms with E-state index in [1.165, 1.54) is 12.2 Å². The predicted molar refractivity (Wildman–Crippen MR) is 41.4 cm³/mol. The van der Waals surface area contributed by atoms with Crippen molar-refractivity contribution < 1.29 is 19.5 Å². The van der Waals surface area contributed by atoms with Crippen molar-refractivity contribution >= 4 is 17.5 Å². The van der Waals surface area contributed by atoms with Gasteiger partial charge >= 0.3 is 0 Å². The van der Waals surface area contributed by atoms with Crippen LogP contribution >= 0.6 is 0 Å².